The van der Waals surface area contributed by atoms with Crippen molar-refractivity contribution < 1.29 is 49.7 Å². The molecule has 15 heteroatoms. The van der Waals surface area contributed by atoms with E-state index < -0.39 is 58.2 Å². The van der Waals surface area contributed by atoms with E-state index in [1.54, 1.807) is 20.8 Å². The molecule has 2 atom stereocenters. The van der Waals surface area contributed by atoms with Crippen LogP contribution in [0.1, 0.15) is 45.6 Å². The van der Waals surface area contributed by atoms with Crippen molar-refractivity contribution in [2.24, 2.45) is 0 Å². The number of nitrogens with zero attached hydrogens (tertiary/aromatic N) is 2. The molecular weight excluding hydrogens is 463 g/mol. The van der Waals surface area contributed by atoms with Gasteiger partial charge in [-0.15, -0.1) is 5.10 Å². The summed E-state index contributed by atoms with van der Waals surface area (Å²) in [6.45, 7) is 3.11. The van der Waals surface area contributed by atoms with Gasteiger partial charge in [0.05, 0.1) is 25.9 Å². The molecule has 1 amide bonds. The van der Waals surface area contributed by atoms with Crippen molar-refractivity contribution in [2.45, 2.75) is 62.8 Å². The first kappa shape index (κ1) is 26.3. The first-order chi connectivity index (χ1) is 14.8. The zero-order valence-corrected chi connectivity index (χ0v) is 18.6. The van der Waals surface area contributed by atoms with Crippen LogP contribution in [-0.2, 0) is 28.8 Å². The van der Waals surface area contributed by atoms with Gasteiger partial charge in [0.1, 0.15) is 18.3 Å². The highest BCUT2D eigenvalue weighted by Crippen LogP contribution is 2.28. The molecule has 0 bridgehead atoms. The molecule has 0 aliphatic carbocycles. The minimum atomic E-state index is -4.47. The van der Waals surface area contributed by atoms with E-state index in [4.69, 9.17) is 18.6 Å². The van der Waals surface area contributed by atoms with E-state index in [2.05, 4.69) is 20.3 Å². The average molecular weight is 489 g/mol. The fourth-order valence-electron chi connectivity index (χ4n) is 2.54. The first-order valence-electron chi connectivity index (χ1n) is 9.65. The Morgan fingerprint density at radius 1 is 1.16 bits per heavy atom. The van der Waals surface area contributed by atoms with Crippen LogP contribution in [0.2, 0.25) is 0 Å². The lowest BCUT2D eigenvalue weighted by Gasteiger charge is -2.28. The average Bonchev–Trinajstić information content (AvgIpc) is 3.14. The molecule has 0 spiro atoms. The molecule has 184 valence electrons. The lowest BCUT2D eigenvalue weighted by Crippen LogP contribution is -2.43. The molecule has 32 heavy (non-hydrogen) atoms. The predicted octanol–water partition coefficient (Wildman–Crippen LogP) is 2.14. The minimum Gasteiger partial charge on any atom is -0.444 e. The maximum Gasteiger partial charge on any atom is 0.411 e. The largest absolute Gasteiger partial charge is 0.444 e. The second kappa shape index (κ2) is 10.8. The summed E-state index contributed by atoms with van der Waals surface area (Å²) in [4.78, 5) is 11.8. The Morgan fingerprint density at radius 2 is 1.84 bits per heavy atom. The van der Waals surface area contributed by atoms with Crippen molar-refractivity contribution in [1.82, 2.24) is 15.5 Å². The molecule has 1 aromatic heterocycles. The van der Waals surface area contributed by atoms with Crippen molar-refractivity contribution in [2.75, 3.05) is 32.4 Å². The zero-order chi connectivity index (χ0) is 24.0. The molecule has 0 saturated carbocycles. The number of hydrogen-bond donors (Lipinski definition) is 1. The van der Waals surface area contributed by atoms with Gasteiger partial charge in [-0.1, -0.05) is 5.10 Å². The summed E-state index contributed by atoms with van der Waals surface area (Å²) in [7, 11) is -4.11. The first-order valence-corrected chi connectivity index (χ1v) is 11.3. The van der Waals surface area contributed by atoms with Gasteiger partial charge < -0.3 is 28.7 Å². The van der Waals surface area contributed by atoms with Crippen LogP contribution >= 0.6 is 0 Å². The Morgan fingerprint density at radius 3 is 2.44 bits per heavy atom. The summed E-state index contributed by atoms with van der Waals surface area (Å²) in [5.74, 6) is -0.912. The molecule has 2 heterocycles. The summed E-state index contributed by atoms with van der Waals surface area (Å²) in [6.07, 6.45) is -4.80. The van der Waals surface area contributed by atoms with Gasteiger partial charge in [0, 0.05) is 0 Å². The lowest BCUT2D eigenvalue weighted by atomic mass is 10.1. The second-order valence-corrected chi connectivity index (χ2v) is 9.77. The van der Waals surface area contributed by atoms with Crippen molar-refractivity contribution >= 4 is 15.9 Å². The van der Waals surface area contributed by atoms with Gasteiger partial charge in [-0.3, -0.25) is 0 Å². The molecule has 11 nitrogen and oxygen atoms in total. The number of hydrogen-bond acceptors (Lipinski definition) is 10. The monoisotopic (exact) mass is 489 g/mol. The van der Waals surface area contributed by atoms with E-state index in [9.17, 15) is 26.4 Å². The normalized spacial score (nSPS) is 20.2. The Kier molecular flexibility index (Phi) is 8.84. The molecule has 1 N–H and O–H groups in total. The Balaban J connectivity index is 1.77. The molecule has 0 unspecified atom stereocenters. The van der Waals surface area contributed by atoms with Gasteiger partial charge in [0.15, 0.2) is 5.94 Å². The molecule has 1 aromatic rings. The van der Waals surface area contributed by atoms with Crippen LogP contribution < -0.4 is 5.32 Å². The summed E-state index contributed by atoms with van der Waals surface area (Å²) in [5, 5.41) is 9.16. The number of halogens is 3. The fourth-order valence-corrected chi connectivity index (χ4v) is 3.35. The van der Waals surface area contributed by atoms with Gasteiger partial charge in [-0.25, -0.2) is 13.2 Å². The quantitative estimate of drug-likeness (QED) is 0.513. The highest BCUT2D eigenvalue weighted by Gasteiger charge is 2.31. The number of alkyl halides is 3. The molecule has 0 aromatic carbocycles. The van der Waals surface area contributed by atoms with E-state index in [-0.39, 0.29) is 25.1 Å². The van der Waals surface area contributed by atoms with E-state index in [0.717, 1.165) is 0 Å². The Bertz CT molecular complexity index is 846. The smallest absolute Gasteiger partial charge is 0.411 e. The van der Waals surface area contributed by atoms with Crippen LogP contribution in [0.4, 0.5) is 18.0 Å². The van der Waals surface area contributed by atoms with Crippen LogP contribution in [0.3, 0.4) is 0 Å². The number of amides is 1. The standard InChI is InChI=1S/C17H26F3N3O8S/c1-16(2,3)31-14(24)21-11-4-5-12(29-8-11)13-22-23-15(30-13)32(25,26)10-28-7-6-27-9-17(18,19)20/h11-12H,4-10H2,1-3H3,(H,21,24)/t11-,12+/m1/s1. The number of aromatic nitrogens is 2. The number of alkyl carbamates (subject to hydrolysis) is 1. The van der Waals surface area contributed by atoms with Gasteiger partial charge in [0.25, 0.3) is 9.84 Å². The van der Waals surface area contributed by atoms with Gasteiger partial charge in [-0.2, -0.15) is 13.2 Å². The van der Waals surface area contributed by atoms with E-state index in [0.29, 0.717) is 12.8 Å². The summed E-state index contributed by atoms with van der Waals surface area (Å²) in [5.41, 5.74) is -0.631. The number of carbonyl (C=O) groups is 1. The fraction of sp³-hybridized carbons (Fsp3) is 0.824. The predicted molar refractivity (Wildman–Crippen MR) is 100 cm³/mol. The number of carbonyl (C=O) groups excluding carboxylic acids is 1. The van der Waals surface area contributed by atoms with Crippen LogP contribution in [0.25, 0.3) is 0 Å². The van der Waals surface area contributed by atoms with Crippen LogP contribution in [-0.4, -0.2) is 74.9 Å². The van der Waals surface area contributed by atoms with E-state index >= 15 is 0 Å². The second-order valence-electron chi connectivity index (χ2n) is 7.96. The van der Waals surface area contributed by atoms with Crippen molar-refractivity contribution in [3.05, 3.63) is 5.89 Å². The number of rotatable bonds is 9. The van der Waals surface area contributed by atoms with Crippen molar-refractivity contribution in [1.29, 1.82) is 0 Å². The Labute approximate surface area is 182 Å². The highest BCUT2D eigenvalue weighted by atomic mass is 32.2. The van der Waals surface area contributed by atoms with Crippen LogP contribution in [0.15, 0.2) is 9.64 Å². The molecule has 2 rings (SSSR count). The highest BCUT2D eigenvalue weighted by molar-refractivity contribution is 7.91. The lowest BCUT2D eigenvalue weighted by molar-refractivity contribution is -0.176. The van der Waals surface area contributed by atoms with E-state index in [1.165, 1.54) is 0 Å². The van der Waals surface area contributed by atoms with Gasteiger partial charge in [0.2, 0.25) is 5.89 Å². The molecule has 1 aliphatic heterocycles. The van der Waals surface area contributed by atoms with E-state index in [1.807, 2.05) is 0 Å². The molecule has 1 aliphatic rings. The van der Waals surface area contributed by atoms with Gasteiger partial charge >= 0.3 is 17.5 Å². The van der Waals surface area contributed by atoms with Crippen molar-refractivity contribution in [3.8, 4) is 0 Å². The third-order valence-corrected chi connectivity index (χ3v) is 5.01. The maximum absolute atomic E-state index is 12.2. The minimum absolute atomic E-state index is 0.0483. The number of nitrogens with one attached hydrogen (secondary N) is 1. The summed E-state index contributed by atoms with van der Waals surface area (Å²) >= 11 is 0. The number of sulfone groups is 1. The Hall–Kier alpha value is -1.97. The van der Waals surface area contributed by atoms with Crippen LogP contribution in [0.5, 0.6) is 0 Å². The summed E-state index contributed by atoms with van der Waals surface area (Å²) in [6, 6.07) is -0.291. The summed E-state index contributed by atoms with van der Waals surface area (Å²) < 4.78 is 85.2. The molecule has 1 fully saturated rings. The molecule has 0 radical (unpaired) electrons. The maximum atomic E-state index is 12.2. The van der Waals surface area contributed by atoms with Crippen molar-refractivity contribution in [3.63, 3.8) is 0 Å². The topological polar surface area (TPSA) is 139 Å². The molecular formula is C17H26F3N3O8S. The SMILES string of the molecule is CC(C)(C)OC(=O)N[C@@H]1CC[C@@H](c2nnc(S(=O)(=O)COCCOCC(F)(F)F)o2)OC1. The van der Waals surface area contributed by atoms with Gasteiger partial charge in [-0.05, 0) is 33.6 Å². The number of ether oxygens (including phenoxy) is 4. The zero-order valence-electron chi connectivity index (χ0n) is 17.8. The third kappa shape index (κ3) is 9.26. The third-order valence-electron chi connectivity index (χ3n) is 3.84. The van der Waals surface area contributed by atoms with Crippen LogP contribution in [0, 0.1) is 0 Å². The molecule has 1 saturated heterocycles.